The zero-order valence-electron chi connectivity index (χ0n) is 10.6. The van der Waals surface area contributed by atoms with Crippen LogP contribution in [0.3, 0.4) is 0 Å². The van der Waals surface area contributed by atoms with Crippen molar-refractivity contribution in [3.05, 3.63) is 65.8 Å². The van der Waals surface area contributed by atoms with Gasteiger partial charge in [0.05, 0.1) is 0 Å². The first kappa shape index (κ1) is 12.6. The van der Waals surface area contributed by atoms with Crippen LogP contribution in [0.2, 0.25) is 5.02 Å². The zero-order chi connectivity index (χ0) is 13.9. The average molecular weight is 282 g/mol. The summed E-state index contributed by atoms with van der Waals surface area (Å²) in [6.45, 7) is 0. The monoisotopic (exact) mass is 281 g/mol. The molecule has 0 unspecified atom stereocenters. The van der Waals surface area contributed by atoms with E-state index in [9.17, 15) is 0 Å². The SMILES string of the molecule is Nc1nc(-c2ccccc2)ncc1-c1cccc(Cl)c1. The van der Waals surface area contributed by atoms with Crippen LogP contribution in [-0.2, 0) is 0 Å². The first-order valence-corrected chi connectivity index (χ1v) is 6.56. The van der Waals surface area contributed by atoms with Gasteiger partial charge in [-0.05, 0) is 17.7 Å². The lowest BCUT2D eigenvalue weighted by molar-refractivity contribution is 1.19. The van der Waals surface area contributed by atoms with E-state index in [1.807, 2.05) is 54.6 Å². The van der Waals surface area contributed by atoms with Gasteiger partial charge in [-0.3, -0.25) is 0 Å². The number of benzene rings is 2. The molecule has 0 aliphatic carbocycles. The standard InChI is InChI=1S/C16H12ClN3/c17-13-8-4-7-12(9-13)14-10-19-16(20-15(14)18)11-5-2-1-3-6-11/h1-10H,(H2,18,19,20). The number of hydrogen-bond donors (Lipinski definition) is 1. The maximum absolute atomic E-state index is 6.05. The van der Waals surface area contributed by atoms with Crippen LogP contribution in [0, 0.1) is 0 Å². The summed E-state index contributed by atoms with van der Waals surface area (Å²) in [5.41, 5.74) is 8.68. The normalized spacial score (nSPS) is 10.4. The summed E-state index contributed by atoms with van der Waals surface area (Å²) in [6.07, 6.45) is 1.73. The quantitative estimate of drug-likeness (QED) is 0.771. The van der Waals surface area contributed by atoms with Crippen LogP contribution in [0.25, 0.3) is 22.5 Å². The van der Waals surface area contributed by atoms with Crippen molar-refractivity contribution >= 4 is 17.4 Å². The summed E-state index contributed by atoms with van der Waals surface area (Å²) in [5.74, 6) is 1.06. The van der Waals surface area contributed by atoms with E-state index >= 15 is 0 Å². The molecule has 4 heteroatoms. The highest BCUT2D eigenvalue weighted by Gasteiger charge is 2.08. The molecule has 0 bridgehead atoms. The van der Waals surface area contributed by atoms with Gasteiger partial charge in [-0.2, -0.15) is 0 Å². The lowest BCUT2D eigenvalue weighted by Crippen LogP contribution is -1.98. The van der Waals surface area contributed by atoms with Crippen LogP contribution in [-0.4, -0.2) is 9.97 Å². The first-order chi connectivity index (χ1) is 9.74. The van der Waals surface area contributed by atoms with Gasteiger partial charge in [0.2, 0.25) is 0 Å². The Bertz CT molecular complexity index is 742. The summed E-state index contributed by atoms with van der Waals surface area (Å²) in [6, 6.07) is 17.2. The molecule has 3 nitrogen and oxygen atoms in total. The first-order valence-electron chi connectivity index (χ1n) is 6.18. The molecule has 0 aliphatic heterocycles. The molecular formula is C16H12ClN3. The molecule has 2 N–H and O–H groups in total. The lowest BCUT2D eigenvalue weighted by Gasteiger charge is -2.07. The summed E-state index contributed by atoms with van der Waals surface area (Å²) in [4.78, 5) is 8.75. The van der Waals surface area contributed by atoms with Gasteiger partial charge in [0.15, 0.2) is 5.82 Å². The fraction of sp³-hybridized carbons (Fsp3) is 0. The molecular weight excluding hydrogens is 270 g/mol. The Balaban J connectivity index is 2.04. The third kappa shape index (κ3) is 2.49. The smallest absolute Gasteiger partial charge is 0.161 e. The van der Waals surface area contributed by atoms with E-state index in [4.69, 9.17) is 17.3 Å². The molecule has 3 aromatic rings. The van der Waals surface area contributed by atoms with Crippen molar-refractivity contribution in [3.8, 4) is 22.5 Å². The molecule has 0 saturated heterocycles. The van der Waals surface area contributed by atoms with Crippen LogP contribution in [0.5, 0.6) is 0 Å². The van der Waals surface area contributed by atoms with Gasteiger partial charge in [0.25, 0.3) is 0 Å². The predicted octanol–water partition coefficient (Wildman–Crippen LogP) is 4.05. The van der Waals surface area contributed by atoms with Gasteiger partial charge in [-0.25, -0.2) is 9.97 Å². The zero-order valence-corrected chi connectivity index (χ0v) is 11.4. The number of anilines is 1. The third-order valence-corrected chi connectivity index (χ3v) is 3.22. The second kappa shape index (κ2) is 5.31. The van der Waals surface area contributed by atoms with Crippen LogP contribution < -0.4 is 5.73 Å². The maximum Gasteiger partial charge on any atom is 0.161 e. The second-order valence-electron chi connectivity index (χ2n) is 4.37. The predicted molar refractivity (Wildman–Crippen MR) is 82.3 cm³/mol. The summed E-state index contributed by atoms with van der Waals surface area (Å²) < 4.78 is 0. The largest absolute Gasteiger partial charge is 0.383 e. The maximum atomic E-state index is 6.05. The van der Waals surface area contributed by atoms with E-state index in [2.05, 4.69) is 9.97 Å². The van der Waals surface area contributed by atoms with Gasteiger partial charge in [0, 0.05) is 22.3 Å². The minimum atomic E-state index is 0.445. The Morgan fingerprint density at radius 2 is 1.65 bits per heavy atom. The number of halogens is 1. The Labute approximate surface area is 122 Å². The van der Waals surface area contributed by atoms with E-state index < -0.39 is 0 Å². The number of hydrogen-bond acceptors (Lipinski definition) is 3. The molecule has 20 heavy (non-hydrogen) atoms. The minimum absolute atomic E-state index is 0.445. The Morgan fingerprint density at radius 3 is 2.35 bits per heavy atom. The van der Waals surface area contributed by atoms with Crippen molar-refractivity contribution in [2.45, 2.75) is 0 Å². The van der Waals surface area contributed by atoms with Crippen molar-refractivity contribution in [2.75, 3.05) is 5.73 Å². The van der Waals surface area contributed by atoms with Gasteiger partial charge < -0.3 is 5.73 Å². The van der Waals surface area contributed by atoms with E-state index in [1.165, 1.54) is 0 Å². The average Bonchev–Trinajstić information content (AvgIpc) is 2.48. The van der Waals surface area contributed by atoms with Crippen LogP contribution in [0.4, 0.5) is 5.82 Å². The molecule has 1 heterocycles. The van der Waals surface area contributed by atoms with Gasteiger partial charge >= 0.3 is 0 Å². The van der Waals surface area contributed by atoms with E-state index in [1.54, 1.807) is 6.20 Å². The number of rotatable bonds is 2. The van der Waals surface area contributed by atoms with Crippen LogP contribution in [0.1, 0.15) is 0 Å². The fourth-order valence-corrected chi connectivity index (χ4v) is 2.19. The highest BCUT2D eigenvalue weighted by Crippen LogP contribution is 2.27. The summed E-state index contributed by atoms with van der Waals surface area (Å²) in [5, 5.41) is 0.661. The van der Waals surface area contributed by atoms with Crippen LogP contribution >= 0.6 is 11.6 Å². The van der Waals surface area contributed by atoms with Gasteiger partial charge in [0.1, 0.15) is 5.82 Å². The Kier molecular flexibility index (Phi) is 3.35. The molecule has 1 aromatic heterocycles. The number of nitrogens with two attached hydrogens (primary N) is 1. The molecule has 2 aromatic carbocycles. The fourth-order valence-electron chi connectivity index (χ4n) is 2.00. The molecule has 0 aliphatic rings. The van der Waals surface area contributed by atoms with Crippen molar-refractivity contribution in [3.63, 3.8) is 0 Å². The molecule has 0 fully saturated rings. The van der Waals surface area contributed by atoms with Crippen molar-refractivity contribution in [2.24, 2.45) is 0 Å². The van der Waals surface area contributed by atoms with Crippen molar-refractivity contribution < 1.29 is 0 Å². The molecule has 98 valence electrons. The minimum Gasteiger partial charge on any atom is -0.383 e. The van der Waals surface area contributed by atoms with Crippen LogP contribution in [0.15, 0.2) is 60.8 Å². The number of nitrogens with zero attached hydrogens (tertiary/aromatic N) is 2. The molecule has 3 rings (SSSR count). The number of nitrogen functional groups attached to an aromatic ring is 1. The highest BCUT2D eigenvalue weighted by molar-refractivity contribution is 6.30. The van der Waals surface area contributed by atoms with Crippen molar-refractivity contribution in [1.82, 2.24) is 9.97 Å². The Hall–Kier alpha value is -2.39. The summed E-state index contributed by atoms with van der Waals surface area (Å²) >= 11 is 5.99. The second-order valence-corrected chi connectivity index (χ2v) is 4.81. The molecule has 0 amide bonds. The lowest BCUT2D eigenvalue weighted by atomic mass is 10.1. The van der Waals surface area contributed by atoms with Gasteiger partial charge in [-0.15, -0.1) is 0 Å². The molecule has 0 radical (unpaired) electrons. The number of aromatic nitrogens is 2. The summed E-state index contributed by atoms with van der Waals surface area (Å²) in [7, 11) is 0. The topological polar surface area (TPSA) is 51.8 Å². The van der Waals surface area contributed by atoms with E-state index in [-0.39, 0.29) is 0 Å². The molecule has 0 saturated carbocycles. The van der Waals surface area contributed by atoms with Crippen molar-refractivity contribution in [1.29, 1.82) is 0 Å². The molecule has 0 atom stereocenters. The highest BCUT2D eigenvalue weighted by atomic mass is 35.5. The molecule has 0 spiro atoms. The van der Waals surface area contributed by atoms with Gasteiger partial charge in [-0.1, -0.05) is 54.1 Å². The third-order valence-electron chi connectivity index (χ3n) is 2.99. The van der Waals surface area contributed by atoms with E-state index in [0.717, 1.165) is 16.7 Å². The Morgan fingerprint density at radius 1 is 0.900 bits per heavy atom. The van der Waals surface area contributed by atoms with E-state index in [0.29, 0.717) is 16.7 Å².